The molecule has 2 aromatic heterocycles. The normalized spacial score (nSPS) is 11.2. The Morgan fingerprint density at radius 1 is 1.29 bits per heavy atom. The number of hydrogen-bond acceptors (Lipinski definition) is 3. The van der Waals surface area contributed by atoms with Gasteiger partial charge < -0.3 is 4.57 Å². The van der Waals surface area contributed by atoms with Gasteiger partial charge in [-0.2, -0.15) is 5.10 Å². The Labute approximate surface area is 128 Å². The molecule has 0 saturated carbocycles. The number of nitrogens with one attached hydrogen (secondary N) is 1. The molecule has 3 rings (SSSR count). The molecule has 0 atom stereocenters. The van der Waals surface area contributed by atoms with E-state index in [1.165, 1.54) is 5.56 Å². The molecule has 108 valence electrons. The predicted molar refractivity (Wildman–Crippen MR) is 87.9 cm³/mol. The zero-order valence-corrected chi connectivity index (χ0v) is 13.3. The van der Waals surface area contributed by atoms with E-state index in [0.717, 1.165) is 41.0 Å². The fourth-order valence-corrected chi connectivity index (χ4v) is 2.88. The Hall–Kier alpha value is -2.01. The highest BCUT2D eigenvalue weighted by molar-refractivity contribution is 7.71. The third-order valence-corrected chi connectivity index (χ3v) is 3.93. The summed E-state index contributed by atoms with van der Waals surface area (Å²) in [5, 5.41) is 8.48. The number of para-hydroxylation sites is 1. The van der Waals surface area contributed by atoms with Crippen LogP contribution < -0.4 is 0 Å². The van der Waals surface area contributed by atoms with Gasteiger partial charge in [0.2, 0.25) is 0 Å². The molecule has 21 heavy (non-hydrogen) atoms. The number of aryl methyl sites for hydroxylation is 2. The van der Waals surface area contributed by atoms with Crippen LogP contribution in [0.15, 0.2) is 24.3 Å². The third kappa shape index (κ3) is 2.38. The van der Waals surface area contributed by atoms with Gasteiger partial charge in [0.1, 0.15) is 0 Å². The van der Waals surface area contributed by atoms with Gasteiger partial charge in [-0.05, 0) is 44.1 Å². The van der Waals surface area contributed by atoms with Crippen molar-refractivity contribution in [3.05, 3.63) is 40.3 Å². The molecule has 0 aliphatic heterocycles. The van der Waals surface area contributed by atoms with Crippen LogP contribution in [0.1, 0.15) is 24.6 Å². The standard InChI is InChI=1S/C16H18N4S/c1-4-8-20-15(18-19-16(20)21)13-9-11(3)17-14-10(2)6-5-7-12(13)14/h5-7,9H,4,8H2,1-3H3,(H,19,21). The van der Waals surface area contributed by atoms with Crippen molar-refractivity contribution in [2.24, 2.45) is 0 Å². The first-order chi connectivity index (χ1) is 10.1. The minimum Gasteiger partial charge on any atom is -0.300 e. The summed E-state index contributed by atoms with van der Waals surface area (Å²) in [5.41, 5.74) is 4.28. The highest BCUT2D eigenvalue weighted by atomic mass is 32.1. The average Bonchev–Trinajstić information content (AvgIpc) is 2.81. The maximum absolute atomic E-state index is 5.35. The Morgan fingerprint density at radius 3 is 2.86 bits per heavy atom. The first-order valence-corrected chi connectivity index (χ1v) is 7.55. The van der Waals surface area contributed by atoms with E-state index in [4.69, 9.17) is 12.2 Å². The highest BCUT2D eigenvalue weighted by Gasteiger charge is 2.13. The maximum atomic E-state index is 5.35. The van der Waals surface area contributed by atoms with Crippen LogP contribution in [-0.4, -0.2) is 19.7 Å². The van der Waals surface area contributed by atoms with Gasteiger partial charge >= 0.3 is 0 Å². The van der Waals surface area contributed by atoms with Gasteiger partial charge in [0, 0.05) is 23.2 Å². The van der Waals surface area contributed by atoms with Crippen LogP contribution in [0.2, 0.25) is 0 Å². The Balaban J connectivity index is 2.35. The lowest BCUT2D eigenvalue weighted by Gasteiger charge is -2.10. The van der Waals surface area contributed by atoms with Crippen LogP contribution >= 0.6 is 12.2 Å². The molecule has 0 bridgehead atoms. The smallest absolute Gasteiger partial charge is 0.195 e. The zero-order chi connectivity index (χ0) is 15.0. The Kier molecular flexibility index (Phi) is 3.59. The summed E-state index contributed by atoms with van der Waals surface area (Å²) in [6.45, 7) is 7.10. The van der Waals surface area contributed by atoms with Gasteiger partial charge in [0.25, 0.3) is 0 Å². The van der Waals surface area contributed by atoms with E-state index in [1.54, 1.807) is 0 Å². The molecule has 1 N–H and O–H groups in total. The topological polar surface area (TPSA) is 46.5 Å². The van der Waals surface area contributed by atoms with Gasteiger partial charge in [-0.3, -0.25) is 10.1 Å². The van der Waals surface area contributed by atoms with E-state index in [-0.39, 0.29) is 0 Å². The van der Waals surface area contributed by atoms with Crippen molar-refractivity contribution < 1.29 is 0 Å². The summed E-state index contributed by atoms with van der Waals surface area (Å²) in [5.74, 6) is 0.892. The molecule has 1 aromatic carbocycles. The fourth-order valence-electron chi connectivity index (χ4n) is 2.66. The number of nitrogens with zero attached hydrogens (tertiary/aromatic N) is 3. The number of aromatic nitrogens is 4. The molecular formula is C16H18N4S. The summed E-state index contributed by atoms with van der Waals surface area (Å²) in [4.78, 5) is 4.67. The SMILES string of the molecule is CCCn1c(-c2cc(C)nc3c(C)cccc23)n[nH]c1=S. The van der Waals surface area contributed by atoms with E-state index in [0.29, 0.717) is 4.77 Å². The molecule has 4 nitrogen and oxygen atoms in total. The van der Waals surface area contributed by atoms with Gasteiger partial charge in [0.05, 0.1) is 5.52 Å². The van der Waals surface area contributed by atoms with Crippen molar-refractivity contribution in [1.29, 1.82) is 0 Å². The molecule has 0 saturated heterocycles. The number of pyridine rings is 1. The van der Waals surface area contributed by atoms with Gasteiger partial charge in [-0.25, -0.2) is 0 Å². The predicted octanol–water partition coefficient (Wildman–Crippen LogP) is 4.18. The van der Waals surface area contributed by atoms with Crippen LogP contribution in [-0.2, 0) is 6.54 Å². The molecule has 0 fully saturated rings. The van der Waals surface area contributed by atoms with Crippen molar-refractivity contribution in [2.45, 2.75) is 33.7 Å². The lowest BCUT2D eigenvalue weighted by atomic mass is 10.0. The number of hydrogen-bond donors (Lipinski definition) is 1. The number of H-pyrrole nitrogens is 1. The van der Waals surface area contributed by atoms with Gasteiger partial charge in [-0.1, -0.05) is 25.1 Å². The van der Waals surface area contributed by atoms with Crippen LogP contribution in [0.5, 0.6) is 0 Å². The summed E-state index contributed by atoms with van der Waals surface area (Å²) in [6, 6.07) is 8.32. The minimum atomic E-state index is 0.669. The first kappa shape index (κ1) is 13.9. The number of rotatable bonds is 3. The molecular weight excluding hydrogens is 280 g/mol. The number of benzene rings is 1. The largest absolute Gasteiger partial charge is 0.300 e. The van der Waals surface area contributed by atoms with Crippen LogP contribution in [0.25, 0.3) is 22.3 Å². The minimum absolute atomic E-state index is 0.669. The lowest BCUT2D eigenvalue weighted by molar-refractivity contribution is 0.675. The molecule has 0 radical (unpaired) electrons. The van der Waals surface area contributed by atoms with E-state index in [1.807, 2.05) is 6.92 Å². The third-order valence-electron chi connectivity index (χ3n) is 3.62. The zero-order valence-electron chi connectivity index (χ0n) is 12.5. The molecule has 0 spiro atoms. The Morgan fingerprint density at radius 2 is 2.10 bits per heavy atom. The van der Waals surface area contributed by atoms with Crippen LogP contribution in [0.4, 0.5) is 0 Å². The molecule has 5 heteroatoms. The average molecular weight is 298 g/mol. The number of fused-ring (bicyclic) bond motifs is 1. The van der Waals surface area contributed by atoms with E-state index < -0.39 is 0 Å². The quantitative estimate of drug-likeness (QED) is 0.738. The van der Waals surface area contributed by atoms with Crippen molar-refractivity contribution in [3.8, 4) is 11.4 Å². The summed E-state index contributed by atoms with van der Waals surface area (Å²) < 4.78 is 2.73. The summed E-state index contributed by atoms with van der Waals surface area (Å²) in [7, 11) is 0. The number of aromatic amines is 1. The monoisotopic (exact) mass is 298 g/mol. The van der Waals surface area contributed by atoms with Gasteiger partial charge in [-0.15, -0.1) is 0 Å². The second-order valence-electron chi connectivity index (χ2n) is 5.29. The second kappa shape index (κ2) is 5.41. The highest BCUT2D eigenvalue weighted by Crippen LogP contribution is 2.29. The van der Waals surface area contributed by atoms with E-state index >= 15 is 0 Å². The summed E-state index contributed by atoms with van der Waals surface area (Å²) >= 11 is 5.35. The van der Waals surface area contributed by atoms with Crippen LogP contribution in [0.3, 0.4) is 0 Å². The van der Waals surface area contributed by atoms with Crippen molar-refractivity contribution in [1.82, 2.24) is 19.7 Å². The van der Waals surface area contributed by atoms with E-state index in [2.05, 4.69) is 57.9 Å². The maximum Gasteiger partial charge on any atom is 0.195 e. The molecule has 0 aliphatic carbocycles. The Bertz CT molecular complexity index is 860. The lowest BCUT2D eigenvalue weighted by Crippen LogP contribution is -2.01. The second-order valence-corrected chi connectivity index (χ2v) is 5.67. The summed E-state index contributed by atoms with van der Waals surface area (Å²) in [6.07, 6.45) is 1.02. The fraction of sp³-hybridized carbons (Fsp3) is 0.312. The van der Waals surface area contributed by atoms with Crippen molar-refractivity contribution in [3.63, 3.8) is 0 Å². The molecule has 0 amide bonds. The van der Waals surface area contributed by atoms with Crippen molar-refractivity contribution in [2.75, 3.05) is 0 Å². The van der Waals surface area contributed by atoms with E-state index in [9.17, 15) is 0 Å². The van der Waals surface area contributed by atoms with Crippen LogP contribution in [0, 0.1) is 18.6 Å². The first-order valence-electron chi connectivity index (χ1n) is 7.14. The molecule has 0 aliphatic rings. The molecule has 2 heterocycles. The molecule has 0 unspecified atom stereocenters. The van der Waals surface area contributed by atoms with Gasteiger partial charge in [0.15, 0.2) is 10.6 Å². The van der Waals surface area contributed by atoms with Crippen molar-refractivity contribution >= 4 is 23.1 Å². The molecule has 3 aromatic rings.